The van der Waals surface area contributed by atoms with E-state index in [-0.39, 0.29) is 24.0 Å². The van der Waals surface area contributed by atoms with Crippen LogP contribution in [0.1, 0.15) is 102 Å². The van der Waals surface area contributed by atoms with E-state index in [1.807, 2.05) is 0 Å². The van der Waals surface area contributed by atoms with E-state index < -0.39 is 0 Å². The van der Waals surface area contributed by atoms with Gasteiger partial charge in [-0.25, -0.2) is 9.55 Å². The topological polar surface area (TPSA) is 32.6 Å². The lowest BCUT2D eigenvalue weighted by Crippen LogP contribution is -3.00. The largest absolute Gasteiger partial charge is 1.00 e. The first-order chi connectivity index (χ1) is 13.8. The first-order valence-corrected chi connectivity index (χ1v) is 11.7. The lowest BCUT2D eigenvalue weighted by atomic mass is 10.0. The van der Waals surface area contributed by atoms with Crippen molar-refractivity contribution >= 4 is 0 Å². The molecular formula is C25H44IN3. The minimum absolute atomic E-state index is 0. The number of aromatic amines is 1. The molecule has 1 N–H and O–H groups in total. The second-order valence-corrected chi connectivity index (χ2v) is 7.98. The lowest BCUT2D eigenvalue weighted by molar-refractivity contribution is -0.697. The van der Waals surface area contributed by atoms with Crippen molar-refractivity contribution in [2.24, 2.45) is 0 Å². The van der Waals surface area contributed by atoms with Crippen LogP contribution in [0.5, 0.6) is 0 Å². The van der Waals surface area contributed by atoms with Gasteiger partial charge in [0.1, 0.15) is 6.54 Å². The van der Waals surface area contributed by atoms with Gasteiger partial charge < -0.3 is 29.0 Å². The SMILES string of the molecule is CCCCCCCCCCCCCCCC[n+]1cccc(C)c1.[I-].c1c[nH]cn1. The maximum absolute atomic E-state index is 3.67. The van der Waals surface area contributed by atoms with Crippen molar-refractivity contribution in [2.75, 3.05) is 0 Å². The van der Waals surface area contributed by atoms with Crippen molar-refractivity contribution in [3.8, 4) is 0 Å². The molecule has 0 aromatic carbocycles. The lowest BCUT2D eigenvalue weighted by Gasteiger charge is -2.03. The average molecular weight is 514 g/mol. The van der Waals surface area contributed by atoms with Gasteiger partial charge in [0.25, 0.3) is 0 Å². The molecule has 0 unspecified atom stereocenters. The van der Waals surface area contributed by atoms with Crippen LogP contribution in [0.25, 0.3) is 0 Å². The third kappa shape index (κ3) is 18.8. The quantitative estimate of drug-likeness (QED) is 0.216. The summed E-state index contributed by atoms with van der Waals surface area (Å²) in [5.41, 5.74) is 1.36. The molecule has 3 nitrogen and oxygen atoms in total. The fourth-order valence-corrected chi connectivity index (χ4v) is 3.50. The Morgan fingerprint density at radius 2 is 1.38 bits per heavy atom. The molecule has 0 saturated carbocycles. The predicted molar refractivity (Wildman–Crippen MR) is 120 cm³/mol. The van der Waals surface area contributed by atoms with Gasteiger partial charge in [-0.15, -0.1) is 0 Å². The van der Waals surface area contributed by atoms with Crippen LogP contribution < -0.4 is 28.5 Å². The molecule has 0 saturated heterocycles. The predicted octanol–water partition coefficient (Wildman–Crippen LogP) is 4.18. The Labute approximate surface area is 197 Å². The second kappa shape index (κ2) is 21.8. The monoisotopic (exact) mass is 513 g/mol. The molecule has 2 aromatic rings. The first kappa shape index (κ1) is 28.1. The Balaban J connectivity index is 0.00000113. The number of hydrogen-bond acceptors (Lipinski definition) is 1. The molecule has 4 heteroatoms. The Bertz CT molecular complexity index is 526. The summed E-state index contributed by atoms with van der Waals surface area (Å²) in [5, 5.41) is 0. The smallest absolute Gasteiger partial charge is 0.171 e. The molecule has 0 amide bonds. The maximum atomic E-state index is 3.67. The van der Waals surface area contributed by atoms with Crippen molar-refractivity contribution in [2.45, 2.75) is 110 Å². The van der Waals surface area contributed by atoms with E-state index in [2.05, 4.69) is 52.9 Å². The van der Waals surface area contributed by atoms with Gasteiger partial charge in [0.05, 0.1) is 6.33 Å². The van der Waals surface area contributed by atoms with Gasteiger partial charge in [-0.3, -0.25) is 0 Å². The third-order valence-corrected chi connectivity index (χ3v) is 5.18. The maximum Gasteiger partial charge on any atom is 0.171 e. The fourth-order valence-electron chi connectivity index (χ4n) is 3.50. The molecule has 2 heterocycles. The normalized spacial score (nSPS) is 10.1. The van der Waals surface area contributed by atoms with Crippen LogP contribution in [0.2, 0.25) is 0 Å². The highest BCUT2D eigenvalue weighted by Gasteiger charge is 2.00. The van der Waals surface area contributed by atoms with Gasteiger partial charge in [-0.1, -0.05) is 84.0 Å². The third-order valence-electron chi connectivity index (χ3n) is 5.18. The number of halogens is 1. The van der Waals surface area contributed by atoms with Crippen LogP contribution >= 0.6 is 0 Å². The van der Waals surface area contributed by atoms with Crippen LogP contribution in [0, 0.1) is 6.92 Å². The number of aromatic nitrogens is 3. The standard InChI is InChI=1S/C22H40N.C3H4N2.HI/c1-3-4-5-6-7-8-9-10-11-12-13-14-15-16-19-23-20-17-18-22(2)21-23;1-2-5-3-4-1;/h17-18,20-21H,3-16,19H2,1-2H3;1-3H,(H,4,5);1H/q+1;;/p-1. The number of unbranched alkanes of at least 4 members (excludes halogenated alkanes) is 13. The molecule has 0 aliphatic heterocycles. The second-order valence-electron chi connectivity index (χ2n) is 7.98. The molecule has 0 radical (unpaired) electrons. The highest BCUT2D eigenvalue weighted by molar-refractivity contribution is 5.01. The highest BCUT2D eigenvalue weighted by atomic mass is 127. The number of imidazole rings is 1. The van der Waals surface area contributed by atoms with E-state index in [0.29, 0.717) is 0 Å². The molecule has 0 aliphatic carbocycles. The zero-order valence-electron chi connectivity index (χ0n) is 18.9. The summed E-state index contributed by atoms with van der Waals surface area (Å²) in [4.78, 5) is 6.42. The summed E-state index contributed by atoms with van der Waals surface area (Å²) < 4.78 is 2.33. The van der Waals surface area contributed by atoms with Gasteiger partial charge in [-0.2, -0.15) is 0 Å². The molecule has 2 aromatic heterocycles. The zero-order valence-corrected chi connectivity index (χ0v) is 21.1. The fraction of sp³-hybridized carbons (Fsp3) is 0.680. The van der Waals surface area contributed by atoms with Gasteiger partial charge in [0.2, 0.25) is 0 Å². The summed E-state index contributed by atoms with van der Waals surface area (Å²) >= 11 is 0. The Morgan fingerprint density at radius 3 is 1.79 bits per heavy atom. The molecule has 166 valence electrons. The van der Waals surface area contributed by atoms with E-state index in [1.165, 1.54) is 102 Å². The summed E-state index contributed by atoms with van der Waals surface area (Å²) in [5.74, 6) is 0. The minimum atomic E-state index is 0. The van der Waals surface area contributed by atoms with Crippen LogP contribution in [0.4, 0.5) is 0 Å². The number of H-pyrrole nitrogens is 1. The molecule has 0 bridgehead atoms. The van der Waals surface area contributed by atoms with E-state index in [9.17, 15) is 0 Å². The number of pyridine rings is 1. The van der Waals surface area contributed by atoms with E-state index in [1.54, 1.807) is 18.7 Å². The van der Waals surface area contributed by atoms with E-state index in [4.69, 9.17) is 0 Å². The minimum Gasteiger partial charge on any atom is -1.00 e. The molecule has 2 rings (SSSR count). The van der Waals surface area contributed by atoms with Gasteiger partial charge in [0.15, 0.2) is 12.4 Å². The van der Waals surface area contributed by atoms with Crippen LogP contribution in [-0.4, -0.2) is 9.97 Å². The van der Waals surface area contributed by atoms with Crippen molar-refractivity contribution in [1.82, 2.24) is 9.97 Å². The van der Waals surface area contributed by atoms with Crippen molar-refractivity contribution in [1.29, 1.82) is 0 Å². The van der Waals surface area contributed by atoms with Crippen LogP contribution in [0.15, 0.2) is 43.2 Å². The summed E-state index contributed by atoms with van der Waals surface area (Å²) in [6, 6.07) is 4.32. The zero-order chi connectivity index (χ0) is 20.1. The summed E-state index contributed by atoms with van der Waals surface area (Å²) in [6.07, 6.45) is 29.6. The van der Waals surface area contributed by atoms with Gasteiger partial charge in [0, 0.05) is 30.4 Å². The van der Waals surface area contributed by atoms with Gasteiger partial charge >= 0.3 is 0 Å². The molecule has 0 spiro atoms. The summed E-state index contributed by atoms with van der Waals surface area (Å²) in [7, 11) is 0. The summed E-state index contributed by atoms with van der Waals surface area (Å²) in [6.45, 7) is 5.64. The van der Waals surface area contributed by atoms with E-state index >= 15 is 0 Å². The number of hydrogen-bond donors (Lipinski definition) is 1. The van der Waals surface area contributed by atoms with Crippen LogP contribution in [0.3, 0.4) is 0 Å². The molecule has 0 fully saturated rings. The van der Waals surface area contributed by atoms with Gasteiger partial charge in [-0.05, 0) is 19.4 Å². The first-order valence-electron chi connectivity index (χ1n) is 11.7. The molecular weight excluding hydrogens is 469 g/mol. The average Bonchev–Trinajstić information content (AvgIpc) is 3.28. The van der Waals surface area contributed by atoms with E-state index in [0.717, 1.165) is 0 Å². The Morgan fingerprint density at radius 1 is 0.828 bits per heavy atom. The number of nitrogens with zero attached hydrogens (tertiary/aromatic N) is 2. The van der Waals surface area contributed by atoms with Crippen molar-refractivity contribution < 1.29 is 28.5 Å². The molecule has 29 heavy (non-hydrogen) atoms. The number of aryl methyl sites for hydroxylation is 2. The number of rotatable bonds is 15. The molecule has 0 atom stereocenters. The van der Waals surface area contributed by atoms with Crippen molar-refractivity contribution in [3.05, 3.63) is 48.8 Å². The highest BCUT2D eigenvalue weighted by Crippen LogP contribution is 2.12. The molecule has 0 aliphatic rings. The Kier molecular flexibility index (Phi) is 21.1. The Hall–Kier alpha value is -0.910. The number of nitrogens with one attached hydrogen (secondary N) is 1. The van der Waals surface area contributed by atoms with Crippen molar-refractivity contribution in [3.63, 3.8) is 0 Å². The van der Waals surface area contributed by atoms with Crippen LogP contribution in [-0.2, 0) is 6.54 Å².